The highest BCUT2D eigenvalue weighted by atomic mass is 79.9. The molecule has 0 unspecified atom stereocenters. The fourth-order valence-electron chi connectivity index (χ4n) is 2.47. The molecule has 1 N–H and O–H groups in total. The summed E-state index contributed by atoms with van der Waals surface area (Å²) in [5.74, 6) is 0.250. The number of aromatic amines is 1. The van der Waals surface area contributed by atoms with Crippen LogP contribution in [0.15, 0.2) is 27.5 Å². The van der Waals surface area contributed by atoms with Crippen LogP contribution in [-0.4, -0.2) is 30.8 Å². The number of nitrogens with one attached hydrogen (secondary N) is 1. The second-order valence-corrected chi connectivity index (χ2v) is 6.34. The molecule has 0 aliphatic heterocycles. The first-order valence-electron chi connectivity index (χ1n) is 8.30. The third-order valence-corrected chi connectivity index (χ3v) is 4.21. The van der Waals surface area contributed by atoms with Crippen LogP contribution in [0.25, 0.3) is 11.1 Å². The first kappa shape index (κ1) is 20.5. The molecule has 2 rings (SSSR count). The van der Waals surface area contributed by atoms with Gasteiger partial charge < -0.3 is 19.2 Å². The zero-order chi connectivity index (χ0) is 20.0. The van der Waals surface area contributed by atoms with Gasteiger partial charge in [0.2, 0.25) is 0 Å². The predicted octanol–water partition coefficient (Wildman–Crippen LogP) is 3.33. The maximum absolute atomic E-state index is 12.1. The minimum absolute atomic E-state index is 0.00365. The van der Waals surface area contributed by atoms with E-state index in [4.69, 9.17) is 14.2 Å². The normalized spacial score (nSPS) is 10.2. The molecule has 0 aliphatic carbocycles. The monoisotopic (exact) mass is 434 g/mol. The third-order valence-electron chi connectivity index (χ3n) is 3.55. The summed E-state index contributed by atoms with van der Waals surface area (Å²) in [6.07, 6.45) is 0. The molecule has 0 radical (unpaired) electrons. The number of benzene rings is 1. The Morgan fingerprint density at radius 1 is 1.15 bits per heavy atom. The van der Waals surface area contributed by atoms with Gasteiger partial charge in [-0.05, 0) is 39.0 Å². The number of nitrogens with zero attached hydrogens (tertiary/aromatic N) is 1. The highest BCUT2D eigenvalue weighted by molar-refractivity contribution is 9.10. The van der Waals surface area contributed by atoms with Crippen molar-refractivity contribution in [3.63, 3.8) is 0 Å². The van der Waals surface area contributed by atoms with Crippen LogP contribution in [0.1, 0.15) is 25.1 Å². The van der Waals surface area contributed by atoms with Gasteiger partial charge in [-0.25, -0.2) is 4.79 Å². The number of halogens is 1. The molecule has 0 spiro atoms. The van der Waals surface area contributed by atoms with Crippen molar-refractivity contribution in [1.29, 1.82) is 5.26 Å². The second kappa shape index (κ2) is 9.24. The number of H-pyrrole nitrogens is 1. The molecule has 7 nitrogen and oxygen atoms in total. The molecule has 0 fully saturated rings. The average Bonchev–Trinajstić information content (AvgIpc) is 2.61. The van der Waals surface area contributed by atoms with E-state index in [9.17, 15) is 14.9 Å². The number of carbonyl (C=O) groups excluding carboxylic acids is 1. The molecule has 2 aromatic rings. The molecule has 1 heterocycles. The summed E-state index contributed by atoms with van der Waals surface area (Å²) in [5.41, 5.74) is 1.25. The Morgan fingerprint density at radius 3 is 2.48 bits per heavy atom. The smallest absolute Gasteiger partial charge is 0.344 e. The molecule has 0 bridgehead atoms. The van der Waals surface area contributed by atoms with Gasteiger partial charge >= 0.3 is 5.97 Å². The molecular formula is C19H19BrN2O5. The molecule has 0 aliphatic rings. The first-order chi connectivity index (χ1) is 12.9. The maximum Gasteiger partial charge on any atom is 0.344 e. The van der Waals surface area contributed by atoms with Gasteiger partial charge in [-0.2, -0.15) is 5.26 Å². The summed E-state index contributed by atoms with van der Waals surface area (Å²) >= 11 is 3.45. The van der Waals surface area contributed by atoms with Crippen molar-refractivity contribution in [3.05, 3.63) is 44.3 Å². The minimum atomic E-state index is -0.489. The van der Waals surface area contributed by atoms with Crippen molar-refractivity contribution in [3.8, 4) is 28.7 Å². The number of nitriles is 1. The van der Waals surface area contributed by atoms with E-state index in [1.165, 1.54) is 0 Å². The van der Waals surface area contributed by atoms with E-state index < -0.39 is 11.5 Å². The molecule has 0 amide bonds. The number of pyridine rings is 1. The van der Waals surface area contributed by atoms with Gasteiger partial charge in [-0.1, -0.05) is 15.9 Å². The molecule has 1 aromatic heterocycles. The number of aryl methyl sites for hydroxylation is 1. The predicted molar refractivity (Wildman–Crippen MR) is 103 cm³/mol. The quantitative estimate of drug-likeness (QED) is 0.670. The van der Waals surface area contributed by atoms with E-state index in [0.29, 0.717) is 39.4 Å². The van der Waals surface area contributed by atoms with Crippen molar-refractivity contribution in [1.82, 2.24) is 4.98 Å². The number of aromatic nitrogens is 1. The third kappa shape index (κ3) is 4.89. The topological polar surface area (TPSA) is 101 Å². The maximum atomic E-state index is 12.1. The standard InChI is InChI=1S/C19H19BrN2O5/c1-4-25-16-7-13(12-6-11(3)22-19(24)14(12)9-21)15(20)8-17(16)27-10-18(23)26-5-2/h6-8H,4-5,10H2,1-3H3,(H,22,24). The lowest BCUT2D eigenvalue weighted by atomic mass is 10.0. The Labute approximate surface area is 165 Å². The Hall–Kier alpha value is -2.79. The zero-order valence-corrected chi connectivity index (χ0v) is 16.8. The highest BCUT2D eigenvalue weighted by Gasteiger charge is 2.18. The Balaban J connectivity index is 2.52. The molecule has 8 heteroatoms. The van der Waals surface area contributed by atoms with Gasteiger partial charge in [0.15, 0.2) is 18.1 Å². The Morgan fingerprint density at radius 2 is 1.85 bits per heavy atom. The van der Waals surface area contributed by atoms with E-state index in [1.807, 2.05) is 13.0 Å². The average molecular weight is 435 g/mol. The molecule has 0 saturated carbocycles. The molecule has 27 heavy (non-hydrogen) atoms. The summed E-state index contributed by atoms with van der Waals surface area (Å²) in [5, 5.41) is 9.37. The van der Waals surface area contributed by atoms with Crippen LogP contribution in [0.4, 0.5) is 0 Å². The molecule has 0 atom stereocenters. The minimum Gasteiger partial charge on any atom is -0.490 e. The lowest BCUT2D eigenvalue weighted by Gasteiger charge is -2.15. The largest absolute Gasteiger partial charge is 0.490 e. The van der Waals surface area contributed by atoms with E-state index in [1.54, 1.807) is 32.0 Å². The number of hydrogen-bond donors (Lipinski definition) is 1. The number of carbonyl (C=O) groups is 1. The molecule has 0 saturated heterocycles. The van der Waals surface area contributed by atoms with Crippen LogP contribution in [0, 0.1) is 18.3 Å². The summed E-state index contributed by atoms with van der Waals surface area (Å²) < 4.78 is 16.6. The molecule has 142 valence electrons. The summed E-state index contributed by atoms with van der Waals surface area (Å²) in [6, 6.07) is 6.96. The Bertz CT molecular complexity index is 946. The van der Waals surface area contributed by atoms with Crippen LogP contribution < -0.4 is 15.0 Å². The van der Waals surface area contributed by atoms with Gasteiger partial charge in [-0.3, -0.25) is 4.79 Å². The lowest BCUT2D eigenvalue weighted by molar-refractivity contribution is -0.145. The van der Waals surface area contributed by atoms with E-state index in [-0.39, 0.29) is 18.8 Å². The van der Waals surface area contributed by atoms with E-state index in [2.05, 4.69) is 20.9 Å². The van der Waals surface area contributed by atoms with Gasteiger partial charge in [0.25, 0.3) is 5.56 Å². The van der Waals surface area contributed by atoms with Crippen LogP contribution in [-0.2, 0) is 9.53 Å². The molecule has 1 aromatic carbocycles. The summed E-state index contributed by atoms with van der Waals surface area (Å²) in [4.78, 5) is 26.3. The number of hydrogen-bond acceptors (Lipinski definition) is 6. The van der Waals surface area contributed by atoms with E-state index >= 15 is 0 Å². The SMILES string of the molecule is CCOC(=O)COc1cc(Br)c(-c2cc(C)[nH]c(=O)c2C#N)cc1OCC. The van der Waals surface area contributed by atoms with Gasteiger partial charge in [0, 0.05) is 21.3 Å². The van der Waals surface area contributed by atoms with Gasteiger partial charge in [0.1, 0.15) is 11.6 Å². The Kier molecular flexibility index (Phi) is 7.02. The van der Waals surface area contributed by atoms with Crippen molar-refractivity contribution >= 4 is 21.9 Å². The van der Waals surface area contributed by atoms with Gasteiger partial charge in [-0.15, -0.1) is 0 Å². The van der Waals surface area contributed by atoms with Gasteiger partial charge in [0.05, 0.1) is 13.2 Å². The second-order valence-electron chi connectivity index (χ2n) is 5.49. The highest BCUT2D eigenvalue weighted by Crippen LogP contribution is 2.39. The van der Waals surface area contributed by atoms with Crippen LogP contribution in [0.5, 0.6) is 11.5 Å². The van der Waals surface area contributed by atoms with Crippen LogP contribution in [0.3, 0.4) is 0 Å². The number of ether oxygens (including phenoxy) is 3. The van der Waals surface area contributed by atoms with Crippen molar-refractivity contribution in [2.24, 2.45) is 0 Å². The van der Waals surface area contributed by atoms with Crippen LogP contribution >= 0.6 is 15.9 Å². The fourth-order valence-corrected chi connectivity index (χ4v) is 3.01. The van der Waals surface area contributed by atoms with E-state index in [0.717, 1.165) is 0 Å². The van der Waals surface area contributed by atoms with Crippen molar-refractivity contribution in [2.45, 2.75) is 20.8 Å². The number of rotatable bonds is 7. The van der Waals surface area contributed by atoms with Crippen LogP contribution in [0.2, 0.25) is 0 Å². The molecular weight excluding hydrogens is 416 g/mol. The lowest BCUT2D eigenvalue weighted by Crippen LogP contribution is -2.15. The zero-order valence-electron chi connectivity index (χ0n) is 15.2. The fraction of sp³-hybridized carbons (Fsp3) is 0.316. The van der Waals surface area contributed by atoms with Crippen molar-refractivity contribution in [2.75, 3.05) is 19.8 Å². The van der Waals surface area contributed by atoms with Crippen molar-refractivity contribution < 1.29 is 19.0 Å². The number of esters is 1. The summed E-state index contributed by atoms with van der Waals surface area (Å²) in [6.45, 7) is 5.64. The first-order valence-corrected chi connectivity index (χ1v) is 9.09. The summed E-state index contributed by atoms with van der Waals surface area (Å²) in [7, 11) is 0.